The number of para-hydroxylation sites is 1. The molecule has 2 aromatic carbocycles. The molecule has 0 aliphatic carbocycles. The molecule has 11 heteroatoms. The van der Waals surface area contributed by atoms with E-state index in [0.717, 1.165) is 35.0 Å². The number of nitrogens with zero attached hydrogens (tertiary/aromatic N) is 3. The van der Waals surface area contributed by atoms with Gasteiger partial charge in [0.2, 0.25) is 5.91 Å². The van der Waals surface area contributed by atoms with E-state index in [0.29, 0.717) is 36.2 Å². The van der Waals surface area contributed by atoms with Crippen LogP contribution in [0.3, 0.4) is 0 Å². The van der Waals surface area contributed by atoms with Gasteiger partial charge in [-0.2, -0.15) is 13.2 Å². The van der Waals surface area contributed by atoms with Gasteiger partial charge in [0.25, 0.3) is 0 Å². The molecule has 1 amide bonds. The number of aromatic nitrogens is 3. The molecule has 0 saturated heterocycles. The standard InChI is InChI=1S/C23H24ClF3N4O2S/c1-3-31-20(9-6-12-33-19-11-10-16(24)13-15(19)2)29-30-22(31)34-14-21(32)28-18-8-5-4-7-17(18)23(25,26)27/h4-5,7-8,10-11,13H,3,6,9,12,14H2,1-2H3,(H,28,32). The zero-order valence-corrected chi connectivity index (χ0v) is 20.2. The van der Waals surface area contributed by atoms with E-state index in [4.69, 9.17) is 16.3 Å². The van der Waals surface area contributed by atoms with E-state index in [-0.39, 0.29) is 11.4 Å². The van der Waals surface area contributed by atoms with E-state index in [1.165, 1.54) is 18.2 Å². The van der Waals surface area contributed by atoms with Crippen molar-refractivity contribution in [3.63, 3.8) is 0 Å². The summed E-state index contributed by atoms with van der Waals surface area (Å²) in [5, 5.41) is 11.9. The van der Waals surface area contributed by atoms with Crippen LogP contribution in [0.1, 0.15) is 30.3 Å². The van der Waals surface area contributed by atoms with Gasteiger partial charge in [-0.15, -0.1) is 10.2 Å². The lowest BCUT2D eigenvalue weighted by Gasteiger charge is -2.13. The third kappa shape index (κ3) is 6.89. The summed E-state index contributed by atoms with van der Waals surface area (Å²) in [7, 11) is 0. The smallest absolute Gasteiger partial charge is 0.418 e. The number of benzene rings is 2. The summed E-state index contributed by atoms with van der Waals surface area (Å²) in [4.78, 5) is 12.3. The van der Waals surface area contributed by atoms with Gasteiger partial charge < -0.3 is 14.6 Å². The molecule has 1 heterocycles. The van der Waals surface area contributed by atoms with Crippen LogP contribution >= 0.6 is 23.4 Å². The Labute approximate surface area is 204 Å². The number of alkyl halides is 3. The molecule has 0 atom stereocenters. The molecule has 3 aromatic rings. The average Bonchev–Trinajstić information content (AvgIpc) is 3.18. The predicted molar refractivity (Wildman–Crippen MR) is 126 cm³/mol. The zero-order valence-electron chi connectivity index (χ0n) is 18.7. The van der Waals surface area contributed by atoms with E-state index < -0.39 is 17.6 Å². The molecule has 1 N–H and O–H groups in total. The van der Waals surface area contributed by atoms with Crippen LogP contribution in [0.5, 0.6) is 5.75 Å². The number of carbonyl (C=O) groups excluding carboxylic acids is 1. The van der Waals surface area contributed by atoms with Crippen LogP contribution in [-0.4, -0.2) is 33.0 Å². The number of nitrogens with one attached hydrogen (secondary N) is 1. The summed E-state index contributed by atoms with van der Waals surface area (Å²) in [6.07, 6.45) is -3.22. The van der Waals surface area contributed by atoms with Crippen molar-refractivity contribution in [1.29, 1.82) is 0 Å². The third-order valence-corrected chi connectivity index (χ3v) is 6.09. The van der Waals surface area contributed by atoms with Crippen molar-refractivity contribution in [3.05, 3.63) is 64.4 Å². The number of rotatable bonds is 10. The maximum Gasteiger partial charge on any atom is 0.418 e. The van der Waals surface area contributed by atoms with Crippen molar-refractivity contribution in [1.82, 2.24) is 14.8 Å². The van der Waals surface area contributed by atoms with E-state index in [1.807, 2.05) is 30.5 Å². The number of anilines is 1. The fourth-order valence-electron chi connectivity index (χ4n) is 3.27. The van der Waals surface area contributed by atoms with E-state index >= 15 is 0 Å². The van der Waals surface area contributed by atoms with Gasteiger partial charge in [-0.05, 0) is 56.2 Å². The highest BCUT2D eigenvalue weighted by Crippen LogP contribution is 2.34. The first-order valence-corrected chi connectivity index (χ1v) is 11.9. The van der Waals surface area contributed by atoms with Crippen molar-refractivity contribution < 1.29 is 22.7 Å². The largest absolute Gasteiger partial charge is 0.493 e. The van der Waals surface area contributed by atoms with Crippen LogP contribution in [0.4, 0.5) is 18.9 Å². The molecule has 0 radical (unpaired) electrons. The number of carbonyl (C=O) groups is 1. The molecular formula is C23H24ClF3N4O2S. The molecule has 0 spiro atoms. The number of aryl methyl sites for hydroxylation is 2. The van der Waals surface area contributed by atoms with Crippen LogP contribution in [0.2, 0.25) is 5.02 Å². The van der Waals surface area contributed by atoms with Crippen molar-refractivity contribution >= 4 is 35.0 Å². The van der Waals surface area contributed by atoms with Gasteiger partial charge in [0.15, 0.2) is 5.16 Å². The maximum absolute atomic E-state index is 13.1. The van der Waals surface area contributed by atoms with Crippen molar-refractivity contribution in [2.24, 2.45) is 0 Å². The van der Waals surface area contributed by atoms with Gasteiger partial charge in [-0.1, -0.05) is 35.5 Å². The lowest BCUT2D eigenvalue weighted by Crippen LogP contribution is -2.18. The number of amides is 1. The monoisotopic (exact) mass is 512 g/mol. The normalized spacial score (nSPS) is 11.5. The molecule has 6 nitrogen and oxygen atoms in total. The minimum absolute atomic E-state index is 0.0940. The molecule has 3 rings (SSSR count). The molecule has 0 aliphatic heterocycles. The molecule has 1 aromatic heterocycles. The zero-order chi connectivity index (χ0) is 24.7. The first-order chi connectivity index (χ1) is 16.2. The van der Waals surface area contributed by atoms with Gasteiger partial charge in [0.1, 0.15) is 11.6 Å². The number of ether oxygens (including phenoxy) is 1. The summed E-state index contributed by atoms with van der Waals surface area (Å²) in [5.41, 5.74) is -0.198. The first-order valence-electron chi connectivity index (χ1n) is 10.6. The topological polar surface area (TPSA) is 69.0 Å². The first kappa shape index (κ1) is 25.9. The Bertz CT molecular complexity index is 1140. The van der Waals surface area contributed by atoms with Crippen molar-refractivity contribution in [3.8, 4) is 5.75 Å². The Morgan fingerprint density at radius 1 is 1.21 bits per heavy atom. The second-order valence-corrected chi connectivity index (χ2v) is 8.76. The van der Waals surface area contributed by atoms with E-state index in [2.05, 4.69) is 15.5 Å². The number of halogens is 4. The predicted octanol–water partition coefficient (Wildman–Crippen LogP) is 6.02. The van der Waals surface area contributed by atoms with Gasteiger partial charge in [0, 0.05) is 18.0 Å². The second-order valence-electron chi connectivity index (χ2n) is 7.39. The van der Waals surface area contributed by atoms with E-state index in [9.17, 15) is 18.0 Å². The molecule has 0 saturated carbocycles. The third-order valence-electron chi connectivity index (χ3n) is 4.89. The molecule has 0 fully saturated rings. The van der Waals surface area contributed by atoms with Crippen LogP contribution in [0, 0.1) is 6.92 Å². The van der Waals surface area contributed by atoms with Crippen LogP contribution in [0.25, 0.3) is 0 Å². The molecule has 182 valence electrons. The summed E-state index contributed by atoms with van der Waals surface area (Å²) in [6, 6.07) is 10.3. The Balaban J connectivity index is 1.53. The number of hydrogen-bond acceptors (Lipinski definition) is 5. The fraction of sp³-hybridized carbons (Fsp3) is 0.348. The minimum Gasteiger partial charge on any atom is -0.493 e. The lowest BCUT2D eigenvalue weighted by molar-refractivity contribution is -0.137. The van der Waals surface area contributed by atoms with Crippen molar-refractivity contribution in [2.45, 2.75) is 44.6 Å². The Hall–Kier alpha value is -2.72. The number of thioether (sulfide) groups is 1. The van der Waals surface area contributed by atoms with Crippen LogP contribution in [0.15, 0.2) is 47.6 Å². The van der Waals surface area contributed by atoms with Crippen LogP contribution < -0.4 is 10.1 Å². The highest BCUT2D eigenvalue weighted by atomic mass is 35.5. The average molecular weight is 513 g/mol. The van der Waals surface area contributed by atoms with Crippen LogP contribution in [-0.2, 0) is 23.9 Å². The summed E-state index contributed by atoms with van der Waals surface area (Å²) >= 11 is 7.08. The highest BCUT2D eigenvalue weighted by Gasteiger charge is 2.33. The Morgan fingerprint density at radius 2 is 1.97 bits per heavy atom. The van der Waals surface area contributed by atoms with E-state index in [1.54, 1.807) is 6.07 Å². The van der Waals surface area contributed by atoms with Gasteiger partial charge in [-0.25, -0.2) is 0 Å². The maximum atomic E-state index is 13.1. The quantitative estimate of drug-likeness (QED) is 0.266. The highest BCUT2D eigenvalue weighted by molar-refractivity contribution is 7.99. The van der Waals surface area contributed by atoms with Crippen molar-refractivity contribution in [2.75, 3.05) is 17.7 Å². The summed E-state index contributed by atoms with van der Waals surface area (Å²) in [5.74, 6) is 0.879. The molecule has 0 bridgehead atoms. The lowest BCUT2D eigenvalue weighted by atomic mass is 10.1. The SMILES string of the molecule is CCn1c(CCCOc2ccc(Cl)cc2C)nnc1SCC(=O)Nc1ccccc1C(F)(F)F. The van der Waals surface area contributed by atoms with Gasteiger partial charge in [0.05, 0.1) is 23.6 Å². The number of hydrogen-bond donors (Lipinski definition) is 1. The molecule has 0 aliphatic rings. The Kier molecular flexibility index (Phi) is 8.84. The molecule has 34 heavy (non-hydrogen) atoms. The summed E-state index contributed by atoms with van der Waals surface area (Å²) in [6.45, 7) is 4.95. The fourth-order valence-corrected chi connectivity index (χ4v) is 4.32. The molecule has 0 unspecified atom stereocenters. The molecular weight excluding hydrogens is 489 g/mol. The Morgan fingerprint density at radius 3 is 2.68 bits per heavy atom. The second kappa shape index (κ2) is 11.6. The minimum atomic E-state index is -4.55. The van der Waals surface area contributed by atoms with Gasteiger partial charge in [-0.3, -0.25) is 4.79 Å². The summed E-state index contributed by atoms with van der Waals surface area (Å²) < 4.78 is 47.0. The van der Waals surface area contributed by atoms with Gasteiger partial charge >= 0.3 is 6.18 Å².